The van der Waals surface area contributed by atoms with Crippen LogP contribution < -0.4 is 0 Å². The maximum atomic E-state index is 8.34. The molecule has 2 nitrogen and oxygen atoms in total. The van der Waals surface area contributed by atoms with Crippen molar-refractivity contribution >= 4 is 0 Å². The summed E-state index contributed by atoms with van der Waals surface area (Å²) in [6, 6.07) is 0. The maximum Gasteiger partial charge on any atom is 0.0566 e. The van der Waals surface area contributed by atoms with Crippen LogP contribution in [0.5, 0.6) is 0 Å². The van der Waals surface area contributed by atoms with E-state index in [1.165, 1.54) is 6.42 Å². The second-order valence-corrected chi connectivity index (χ2v) is 1.16. The molecule has 2 heteroatoms. The average Bonchev–Trinajstić information content (AvgIpc) is 1.35. The molecule has 0 unspecified atom stereocenters. The van der Waals surface area contributed by atoms with Crippen molar-refractivity contribution in [1.29, 1.82) is 0 Å². The third kappa shape index (κ3) is 3.92. The van der Waals surface area contributed by atoms with E-state index >= 15 is 0 Å². The first kappa shape index (κ1) is 5.92. The molecule has 6 heavy (non-hydrogen) atoms. The van der Waals surface area contributed by atoms with Crippen molar-refractivity contribution in [3.05, 3.63) is 6.42 Å². The molecule has 0 saturated heterocycles. The molecule has 0 aliphatic carbocycles. The van der Waals surface area contributed by atoms with Crippen LogP contribution >= 0.6 is 0 Å². The number of aliphatic hydroxyl groups is 2. The zero-order valence-corrected chi connectivity index (χ0v) is 3.76. The molecule has 1 radical (unpaired) electrons. The van der Waals surface area contributed by atoms with E-state index in [9.17, 15) is 0 Å². The van der Waals surface area contributed by atoms with Gasteiger partial charge in [0.25, 0.3) is 0 Å². The van der Waals surface area contributed by atoms with Crippen LogP contribution in [0.3, 0.4) is 0 Å². The van der Waals surface area contributed by atoms with E-state index in [1.54, 1.807) is 6.92 Å². The Morgan fingerprint density at radius 1 is 1.83 bits per heavy atom. The number of rotatable bonds is 2. The van der Waals surface area contributed by atoms with Gasteiger partial charge in [0.15, 0.2) is 0 Å². The topological polar surface area (TPSA) is 40.5 Å². The van der Waals surface area contributed by atoms with Crippen molar-refractivity contribution in [2.24, 2.45) is 0 Å². The third-order valence-electron chi connectivity index (χ3n) is 0.447. The Morgan fingerprint density at radius 3 is 2.33 bits per heavy atom. The van der Waals surface area contributed by atoms with Gasteiger partial charge in [0.2, 0.25) is 0 Å². The van der Waals surface area contributed by atoms with Crippen molar-refractivity contribution in [3.63, 3.8) is 0 Å². The Kier molecular flexibility index (Phi) is 3.08. The molecule has 37 valence electrons. The molecular weight excluding hydrogens is 80.0 g/mol. The Hall–Kier alpha value is -0.0800. The second-order valence-electron chi connectivity index (χ2n) is 1.16. The van der Waals surface area contributed by atoms with Gasteiger partial charge in [-0.15, -0.1) is 0 Å². The predicted octanol–water partition coefficient (Wildman–Crippen LogP) is -0.436. The zero-order valence-electron chi connectivity index (χ0n) is 3.76. The molecule has 0 aromatic heterocycles. The zero-order chi connectivity index (χ0) is 4.99. The van der Waals surface area contributed by atoms with E-state index in [4.69, 9.17) is 10.2 Å². The smallest absolute Gasteiger partial charge is 0.0566 e. The van der Waals surface area contributed by atoms with Crippen molar-refractivity contribution in [2.45, 2.75) is 13.0 Å². The van der Waals surface area contributed by atoms with Crippen LogP contribution in [-0.4, -0.2) is 22.9 Å². The lowest BCUT2D eigenvalue weighted by Gasteiger charge is -1.94. The Labute approximate surface area is 37.4 Å². The van der Waals surface area contributed by atoms with Crippen molar-refractivity contribution in [2.75, 3.05) is 6.61 Å². The molecule has 0 saturated carbocycles. The molecule has 0 aliphatic heterocycles. The Balaban J connectivity index is 2.63. The fourth-order valence-electron chi connectivity index (χ4n) is 0.153. The lowest BCUT2D eigenvalue weighted by atomic mass is 10.3. The maximum absolute atomic E-state index is 8.34. The first-order chi connectivity index (χ1) is 2.77. The summed E-state index contributed by atoms with van der Waals surface area (Å²) >= 11 is 0. The minimum atomic E-state index is -0.477. The SMILES string of the molecule is C[C@@H](O)[CH]CO. The minimum absolute atomic E-state index is 0.0440. The Bertz CT molecular complexity index is 26.7. The number of aliphatic hydroxyl groups excluding tert-OH is 2. The molecule has 0 fully saturated rings. The number of hydrogen-bond donors (Lipinski definition) is 2. The molecular formula is C4H9O2. The van der Waals surface area contributed by atoms with Crippen molar-refractivity contribution in [3.8, 4) is 0 Å². The molecule has 0 amide bonds. The minimum Gasteiger partial charge on any atom is -0.396 e. The second kappa shape index (κ2) is 3.12. The van der Waals surface area contributed by atoms with E-state index in [0.717, 1.165) is 0 Å². The van der Waals surface area contributed by atoms with Crippen LogP contribution in [0.1, 0.15) is 6.92 Å². The van der Waals surface area contributed by atoms with Gasteiger partial charge in [0.1, 0.15) is 0 Å². The summed E-state index contributed by atoms with van der Waals surface area (Å²) in [5.41, 5.74) is 0. The lowest BCUT2D eigenvalue weighted by Crippen LogP contribution is -2.02. The molecule has 0 aliphatic rings. The fraction of sp³-hybridized carbons (Fsp3) is 0.750. The van der Waals surface area contributed by atoms with E-state index in [0.29, 0.717) is 0 Å². The Morgan fingerprint density at radius 2 is 2.33 bits per heavy atom. The highest BCUT2D eigenvalue weighted by Gasteiger charge is 1.89. The van der Waals surface area contributed by atoms with E-state index in [-0.39, 0.29) is 6.61 Å². The fourth-order valence-corrected chi connectivity index (χ4v) is 0.153. The van der Waals surface area contributed by atoms with Gasteiger partial charge < -0.3 is 10.2 Å². The number of hydrogen-bond acceptors (Lipinski definition) is 2. The molecule has 0 spiro atoms. The van der Waals surface area contributed by atoms with Crippen LogP contribution in [0.2, 0.25) is 0 Å². The quantitative estimate of drug-likeness (QED) is 0.481. The first-order valence-corrected chi connectivity index (χ1v) is 1.89. The average molecular weight is 89.1 g/mol. The summed E-state index contributed by atoms with van der Waals surface area (Å²) in [7, 11) is 0. The van der Waals surface area contributed by atoms with E-state index < -0.39 is 6.10 Å². The molecule has 2 N–H and O–H groups in total. The highest BCUT2D eigenvalue weighted by atomic mass is 16.3. The van der Waals surface area contributed by atoms with Gasteiger partial charge in [-0.05, 0) is 6.92 Å². The van der Waals surface area contributed by atoms with Crippen LogP contribution in [0.4, 0.5) is 0 Å². The monoisotopic (exact) mass is 89.1 g/mol. The normalized spacial score (nSPS) is 14.5. The van der Waals surface area contributed by atoms with E-state index in [1.807, 2.05) is 0 Å². The highest BCUT2D eigenvalue weighted by molar-refractivity contribution is 4.67. The van der Waals surface area contributed by atoms with Gasteiger partial charge in [0.05, 0.1) is 6.10 Å². The molecule has 0 heterocycles. The molecule has 0 rings (SSSR count). The summed E-state index contributed by atoms with van der Waals surface area (Å²) in [6.45, 7) is 1.55. The summed E-state index contributed by atoms with van der Waals surface area (Å²) in [4.78, 5) is 0. The summed E-state index contributed by atoms with van der Waals surface area (Å²) < 4.78 is 0. The van der Waals surface area contributed by atoms with Gasteiger partial charge >= 0.3 is 0 Å². The predicted molar refractivity (Wildman–Crippen MR) is 23.1 cm³/mol. The summed E-state index contributed by atoms with van der Waals surface area (Å²) in [6.07, 6.45) is 0.926. The summed E-state index contributed by atoms with van der Waals surface area (Å²) in [5.74, 6) is 0. The highest BCUT2D eigenvalue weighted by Crippen LogP contribution is 1.81. The van der Waals surface area contributed by atoms with Crippen LogP contribution in [0.25, 0.3) is 0 Å². The molecule has 0 aromatic rings. The van der Waals surface area contributed by atoms with Crippen molar-refractivity contribution in [1.82, 2.24) is 0 Å². The van der Waals surface area contributed by atoms with Gasteiger partial charge in [-0.25, -0.2) is 0 Å². The van der Waals surface area contributed by atoms with E-state index in [2.05, 4.69) is 0 Å². The van der Waals surface area contributed by atoms with Gasteiger partial charge in [-0.2, -0.15) is 0 Å². The van der Waals surface area contributed by atoms with Crippen LogP contribution in [0, 0.1) is 6.42 Å². The van der Waals surface area contributed by atoms with Crippen LogP contribution in [0.15, 0.2) is 0 Å². The van der Waals surface area contributed by atoms with Crippen molar-refractivity contribution < 1.29 is 10.2 Å². The first-order valence-electron chi connectivity index (χ1n) is 1.89. The lowest BCUT2D eigenvalue weighted by molar-refractivity contribution is 0.199. The largest absolute Gasteiger partial charge is 0.396 e. The van der Waals surface area contributed by atoms with Gasteiger partial charge in [-0.3, -0.25) is 0 Å². The molecule has 1 atom stereocenters. The van der Waals surface area contributed by atoms with Crippen LogP contribution in [-0.2, 0) is 0 Å². The third-order valence-corrected chi connectivity index (χ3v) is 0.447. The summed E-state index contributed by atoms with van der Waals surface area (Å²) in [5, 5.41) is 16.4. The van der Waals surface area contributed by atoms with Gasteiger partial charge in [-0.1, -0.05) is 0 Å². The molecule has 0 bridgehead atoms. The standard InChI is InChI=1S/C4H9O2/c1-4(6)2-3-5/h2,4-6H,3H2,1H3/t4-/m1/s1. The molecule has 0 aromatic carbocycles. The van der Waals surface area contributed by atoms with Gasteiger partial charge in [0, 0.05) is 13.0 Å².